The molecule has 0 heterocycles. The van der Waals surface area contributed by atoms with Gasteiger partial charge >= 0.3 is 0 Å². The molecule has 0 unspecified atom stereocenters. The molecule has 0 spiro atoms. The fourth-order valence-corrected chi connectivity index (χ4v) is 2.15. The van der Waals surface area contributed by atoms with Gasteiger partial charge in [-0.3, -0.25) is 0 Å². The van der Waals surface area contributed by atoms with Crippen LogP contribution in [0.15, 0.2) is 10.5 Å². The topological polar surface area (TPSA) is 26.0 Å². The van der Waals surface area contributed by atoms with Crippen LogP contribution < -0.4 is 5.73 Å². The van der Waals surface area contributed by atoms with Crippen LogP contribution >= 0.6 is 15.9 Å². The Morgan fingerprint density at radius 2 is 1.87 bits per heavy atom. The summed E-state index contributed by atoms with van der Waals surface area (Å²) in [7, 11) is 0. The first kappa shape index (κ1) is 11.0. The van der Waals surface area contributed by atoms with Gasteiger partial charge in [0.1, 0.15) is 5.82 Å². The maximum Gasteiger partial charge on any atom is 0.165 e. The number of hydrogen-bond acceptors (Lipinski definition) is 1. The van der Waals surface area contributed by atoms with E-state index >= 15 is 0 Å². The molecular formula is C10H9BrF3N. The summed E-state index contributed by atoms with van der Waals surface area (Å²) in [5.41, 5.74) is 4.56. The molecule has 1 aromatic rings. The molecule has 0 saturated heterocycles. The van der Waals surface area contributed by atoms with Gasteiger partial charge in [0.2, 0.25) is 0 Å². The molecule has 0 aromatic heterocycles. The van der Waals surface area contributed by atoms with Gasteiger partial charge in [-0.15, -0.1) is 0 Å². The standard InChI is InChI=1S/C10H9BrF3N/c11-5-3-6(12)9(14)7(8(5)13)10(4-15)1-2-10/h3H,1-2,4,15H2. The normalized spacial score (nSPS) is 17.9. The van der Waals surface area contributed by atoms with Crippen LogP contribution in [0.4, 0.5) is 13.2 Å². The minimum absolute atomic E-state index is 0.0591. The number of halogens is 4. The summed E-state index contributed by atoms with van der Waals surface area (Å²) < 4.78 is 40.2. The second-order valence-electron chi connectivity index (χ2n) is 3.83. The van der Waals surface area contributed by atoms with E-state index in [2.05, 4.69) is 15.9 Å². The van der Waals surface area contributed by atoms with Crippen molar-refractivity contribution in [1.29, 1.82) is 0 Å². The quantitative estimate of drug-likeness (QED) is 0.828. The Kier molecular flexibility index (Phi) is 2.55. The molecule has 1 aliphatic rings. The van der Waals surface area contributed by atoms with E-state index in [0.29, 0.717) is 12.8 Å². The summed E-state index contributed by atoms with van der Waals surface area (Å²) in [4.78, 5) is 0. The Bertz CT molecular complexity index is 389. The SMILES string of the molecule is NCC1(c2c(F)c(F)cc(Br)c2F)CC1. The molecule has 5 heteroatoms. The van der Waals surface area contributed by atoms with Crippen LogP contribution in [-0.4, -0.2) is 6.54 Å². The summed E-state index contributed by atoms with van der Waals surface area (Å²) in [5, 5.41) is 0. The zero-order valence-electron chi connectivity index (χ0n) is 7.79. The lowest BCUT2D eigenvalue weighted by Gasteiger charge is -2.16. The van der Waals surface area contributed by atoms with Crippen molar-refractivity contribution >= 4 is 15.9 Å². The van der Waals surface area contributed by atoms with Gasteiger partial charge in [-0.05, 0) is 34.8 Å². The molecule has 1 fully saturated rings. The maximum absolute atomic E-state index is 13.7. The van der Waals surface area contributed by atoms with Crippen molar-refractivity contribution < 1.29 is 13.2 Å². The minimum Gasteiger partial charge on any atom is -0.330 e. The van der Waals surface area contributed by atoms with Crippen molar-refractivity contribution in [3.05, 3.63) is 33.6 Å². The fourth-order valence-electron chi connectivity index (χ4n) is 1.75. The number of benzene rings is 1. The van der Waals surface area contributed by atoms with E-state index in [0.717, 1.165) is 6.07 Å². The molecule has 0 radical (unpaired) electrons. The van der Waals surface area contributed by atoms with E-state index in [1.807, 2.05) is 0 Å². The average molecular weight is 280 g/mol. The van der Waals surface area contributed by atoms with E-state index in [9.17, 15) is 13.2 Å². The van der Waals surface area contributed by atoms with Crippen LogP contribution in [0.3, 0.4) is 0 Å². The van der Waals surface area contributed by atoms with E-state index in [4.69, 9.17) is 5.73 Å². The molecule has 1 saturated carbocycles. The van der Waals surface area contributed by atoms with E-state index in [1.165, 1.54) is 0 Å². The lowest BCUT2D eigenvalue weighted by atomic mass is 9.95. The monoisotopic (exact) mass is 279 g/mol. The van der Waals surface area contributed by atoms with Gasteiger partial charge < -0.3 is 5.73 Å². The van der Waals surface area contributed by atoms with Crippen molar-refractivity contribution in [3.8, 4) is 0 Å². The summed E-state index contributed by atoms with van der Waals surface area (Å²) in [6, 6.07) is 0.792. The zero-order valence-corrected chi connectivity index (χ0v) is 9.37. The molecule has 1 aliphatic carbocycles. The number of rotatable bonds is 2. The van der Waals surface area contributed by atoms with E-state index in [-0.39, 0.29) is 16.6 Å². The molecule has 1 nitrogen and oxygen atoms in total. The minimum atomic E-state index is -1.11. The molecule has 15 heavy (non-hydrogen) atoms. The van der Waals surface area contributed by atoms with Crippen LogP contribution in [0.5, 0.6) is 0 Å². The summed E-state index contributed by atoms with van der Waals surface area (Å²) >= 11 is 2.86. The zero-order chi connectivity index (χ0) is 11.2. The molecule has 82 valence electrons. The van der Waals surface area contributed by atoms with Gasteiger partial charge in [0.25, 0.3) is 0 Å². The summed E-state index contributed by atoms with van der Waals surface area (Å²) in [6.45, 7) is 0.136. The molecule has 0 aliphatic heterocycles. The van der Waals surface area contributed by atoms with Gasteiger partial charge in [-0.1, -0.05) is 0 Å². The van der Waals surface area contributed by atoms with E-state index in [1.54, 1.807) is 0 Å². The molecule has 1 aromatic carbocycles. The second kappa shape index (κ2) is 3.49. The van der Waals surface area contributed by atoms with Crippen molar-refractivity contribution in [1.82, 2.24) is 0 Å². The lowest BCUT2D eigenvalue weighted by molar-refractivity contribution is 0.457. The second-order valence-corrected chi connectivity index (χ2v) is 4.68. The number of hydrogen-bond donors (Lipinski definition) is 1. The first-order valence-corrected chi connectivity index (χ1v) is 5.35. The van der Waals surface area contributed by atoms with Crippen molar-refractivity contribution in [2.24, 2.45) is 5.73 Å². The number of nitrogens with two attached hydrogens (primary N) is 1. The van der Waals surface area contributed by atoms with Crippen LogP contribution in [-0.2, 0) is 5.41 Å². The third-order valence-electron chi connectivity index (χ3n) is 2.89. The highest BCUT2D eigenvalue weighted by Gasteiger charge is 2.47. The fraction of sp³-hybridized carbons (Fsp3) is 0.400. The molecule has 2 N–H and O–H groups in total. The van der Waals surface area contributed by atoms with Crippen LogP contribution in [0.25, 0.3) is 0 Å². The van der Waals surface area contributed by atoms with Gasteiger partial charge in [-0.2, -0.15) is 0 Å². The van der Waals surface area contributed by atoms with Gasteiger partial charge in [0.15, 0.2) is 11.6 Å². The van der Waals surface area contributed by atoms with E-state index < -0.39 is 22.9 Å². The van der Waals surface area contributed by atoms with Gasteiger partial charge in [0, 0.05) is 17.5 Å². The highest BCUT2D eigenvalue weighted by molar-refractivity contribution is 9.10. The average Bonchev–Trinajstić information content (AvgIpc) is 2.96. The largest absolute Gasteiger partial charge is 0.330 e. The van der Waals surface area contributed by atoms with Crippen molar-refractivity contribution in [2.45, 2.75) is 18.3 Å². The highest BCUT2D eigenvalue weighted by Crippen LogP contribution is 2.50. The first-order valence-electron chi connectivity index (χ1n) is 4.55. The Morgan fingerprint density at radius 1 is 1.27 bits per heavy atom. The Labute approximate surface area is 93.6 Å². The highest BCUT2D eigenvalue weighted by atomic mass is 79.9. The third-order valence-corrected chi connectivity index (χ3v) is 3.46. The maximum atomic E-state index is 13.7. The molecule has 0 atom stereocenters. The smallest absolute Gasteiger partial charge is 0.165 e. The molecule has 0 bridgehead atoms. The van der Waals surface area contributed by atoms with Crippen molar-refractivity contribution in [3.63, 3.8) is 0 Å². The third kappa shape index (κ3) is 1.58. The summed E-state index contributed by atoms with van der Waals surface area (Å²) in [6.07, 6.45) is 1.21. The Morgan fingerprint density at radius 3 is 2.33 bits per heavy atom. The first-order chi connectivity index (χ1) is 7.02. The Hall–Kier alpha value is -0.550. The predicted molar refractivity (Wildman–Crippen MR) is 54.0 cm³/mol. The molecular weight excluding hydrogens is 271 g/mol. The Balaban J connectivity index is 2.64. The van der Waals surface area contributed by atoms with Gasteiger partial charge in [0.05, 0.1) is 4.47 Å². The van der Waals surface area contributed by atoms with Crippen molar-refractivity contribution in [2.75, 3.05) is 6.54 Å². The van der Waals surface area contributed by atoms with Crippen LogP contribution in [0.1, 0.15) is 18.4 Å². The predicted octanol–water partition coefficient (Wildman–Crippen LogP) is 2.86. The van der Waals surface area contributed by atoms with Crippen LogP contribution in [0.2, 0.25) is 0 Å². The lowest BCUT2D eigenvalue weighted by Crippen LogP contribution is -2.23. The van der Waals surface area contributed by atoms with Crippen LogP contribution in [0, 0.1) is 17.5 Å². The van der Waals surface area contributed by atoms with Gasteiger partial charge in [-0.25, -0.2) is 13.2 Å². The summed E-state index contributed by atoms with van der Waals surface area (Å²) in [5.74, 6) is -2.89. The molecule has 2 rings (SSSR count). The molecule has 0 amide bonds.